The normalized spacial score (nSPS) is 16.2. The highest BCUT2D eigenvalue weighted by molar-refractivity contribution is 5.65. The molecule has 1 fully saturated rings. The molecule has 0 bridgehead atoms. The zero-order valence-corrected chi connectivity index (χ0v) is 11.4. The Morgan fingerprint density at radius 3 is 2.65 bits per heavy atom. The second-order valence-corrected chi connectivity index (χ2v) is 5.69. The fourth-order valence-corrected chi connectivity index (χ4v) is 2.31. The van der Waals surface area contributed by atoms with Crippen LogP contribution in [0, 0.1) is 12.8 Å². The van der Waals surface area contributed by atoms with Crippen molar-refractivity contribution in [3.63, 3.8) is 0 Å². The van der Waals surface area contributed by atoms with Gasteiger partial charge in [-0.1, -0.05) is 6.92 Å². The van der Waals surface area contributed by atoms with E-state index >= 15 is 0 Å². The summed E-state index contributed by atoms with van der Waals surface area (Å²) in [5, 5.41) is 8.09. The standard InChI is InChI=1S/C13H24N4/c1-5-8-17-12(11(14)9(2)16-17)15-13(3,4)10-6-7-10/h10,15H,5-8,14H2,1-4H3. The molecule has 1 aromatic heterocycles. The van der Waals surface area contributed by atoms with Gasteiger partial charge in [0, 0.05) is 12.1 Å². The fraction of sp³-hybridized carbons (Fsp3) is 0.769. The van der Waals surface area contributed by atoms with Crippen molar-refractivity contribution >= 4 is 11.5 Å². The highest BCUT2D eigenvalue weighted by Gasteiger charge is 2.38. The quantitative estimate of drug-likeness (QED) is 0.826. The average Bonchev–Trinajstić information content (AvgIpc) is 3.05. The van der Waals surface area contributed by atoms with Crippen molar-refractivity contribution in [3.8, 4) is 0 Å². The summed E-state index contributed by atoms with van der Waals surface area (Å²) in [7, 11) is 0. The minimum absolute atomic E-state index is 0.117. The molecule has 0 radical (unpaired) electrons. The molecular formula is C13H24N4. The monoisotopic (exact) mass is 236 g/mol. The molecule has 0 spiro atoms. The molecule has 1 saturated carbocycles. The van der Waals surface area contributed by atoms with E-state index in [1.165, 1.54) is 12.8 Å². The number of aryl methyl sites for hydroxylation is 2. The summed E-state index contributed by atoms with van der Waals surface area (Å²) in [6.07, 6.45) is 3.71. The maximum atomic E-state index is 6.12. The van der Waals surface area contributed by atoms with Gasteiger partial charge in [0.2, 0.25) is 0 Å². The van der Waals surface area contributed by atoms with Crippen molar-refractivity contribution in [2.45, 2.75) is 59.0 Å². The molecule has 0 amide bonds. The maximum Gasteiger partial charge on any atom is 0.148 e. The van der Waals surface area contributed by atoms with Gasteiger partial charge in [-0.15, -0.1) is 0 Å². The third kappa shape index (κ3) is 2.40. The molecule has 1 aromatic rings. The fourth-order valence-electron chi connectivity index (χ4n) is 2.31. The van der Waals surface area contributed by atoms with E-state index in [0.29, 0.717) is 0 Å². The van der Waals surface area contributed by atoms with Crippen LogP contribution in [0.15, 0.2) is 0 Å². The van der Waals surface area contributed by atoms with Gasteiger partial charge in [-0.25, -0.2) is 4.68 Å². The Morgan fingerprint density at radius 1 is 1.47 bits per heavy atom. The topological polar surface area (TPSA) is 55.9 Å². The molecule has 3 N–H and O–H groups in total. The summed E-state index contributed by atoms with van der Waals surface area (Å²) < 4.78 is 2.01. The molecule has 1 heterocycles. The molecule has 0 unspecified atom stereocenters. The van der Waals surface area contributed by atoms with Gasteiger partial charge >= 0.3 is 0 Å². The van der Waals surface area contributed by atoms with E-state index in [9.17, 15) is 0 Å². The Balaban J connectivity index is 2.23. The average molecular weight is 236 g/mol. The zero-order valence-electron chi connectivity index (χ0n) is 11.4. The van der Waals surface area contributed by atoms with E-state index in [1.54, 1.807) is 0 Å². The van der Waals surface area contributed by atoms with E-state index in [1.807, 2.05) is 11.6 Å². The summed E-state index contributed by atoms with van der Waals surface area (Å²) in [4.78, 5) is 0. The number of hydrogen-bond acceptors (Lipinski definition) is 3. The SMILES string of the molecule is CCCn1nc(C)c(N)c1NC(C)(C)C1CC1. The number of nitrogens with two attached hydrogens (primary N) is 1. The van der Waals surface area contributed by atoms with Crippen LogP contribution in [0.5, 0.6) is 0 Å². The van der Waals surface area contributed by atoms with Gasteiger partial charge < -0.3 is 11.1 Å². The third-order valence-corrected chi connectivity index (χ3v) is 3.65. The van der Waals surface area contributed by atoms with Gasteiger partial charge in [0.25, 0.3) is 0 Å². The van der Waals surface area contributed by atoms with Gasteiger partial charge in [-0.2, -0.15) is 5.10 Å². The second kappa shape index (κ2) is 4.24. The van der Waals surface area contributed by atoms with Crippen LogP contribution in [0.25, 0.3) is 0 Å². The predicted octanol–water partition coefficient (Wildman–Crippen LogP) is 2.78. The predicted molar refractivity (Wildman–Crippen MR) is 72.1 cm³/mol. The van der Waals surface area contributed by atoms with Crippen LogP contribution < -0.4 is 11.1 Å². The maximum absolute atomic E-state index is 6.12. The lowest BCUT2D eigenvalue weighted by Crippen LogP contribution is -2.34. The molecule has 2 rings (SSSR count). The molecule has 1 aliphatic carbocycles. The Bertz CT molecular complexity index is 402. The van der Waals surface area contributed by atoms with Crippen molar-refractivity contribution in [1.29, 1.82) is 0 Å². The summed E-state index contributed by atoms with van der Waals surface area (Å²) >= 11 is 0. The van der Waals surface area contributed by atoms with E-state index < -0.39 is 0 Å². The van der Waals surface area contributed by atoms with Crippen LogP contribution in [0.4, 0.5) is 11.5 Å². The summed E-state index contributed by atoms with van der Waals surface area (Å²) in [6, 6.07) is 0. The van der Waals surface area contributed by atoms with Gasteiger partial charge in [0.1, 0.15) is 5.82 Å². The molecule has 0 atom stereocenters. The molecule has 1 aliphatic rings. The Hall–Kier alpha value is -1.19. The van der Waals surface area contributed by atoms with Crippen LogP contribution in [-0.2, 0) is 6.54 Å². The van der Waals surface area contributed by atoms with E-state index in [4.69, 9.17) is 5.73 Å². The molecule has 0 aliphatic heterocycles. The van der Waals surface area contributed by atoms with Crippen molar-refractivity contribution in [2.24, 2.45) is 5.92 Å². The first kappa shape index (κ1) is 12.3. The molecule has 0 saturated heterocycles. The van der Waals surface area contributed by atoms with Gasteiger partial charge in [-0.3, -0.25) is 0 Å². The number of anilines is 2. The number of aromatic nitrogens is 2. The molecule has 17 heavy (non-hydrogen) atoms. The summed E-state index contributed by atoms with van der Waals surface area (Å²) in [6.45, 7) is 9.55. The second-order valence-electron chi connectivity index (χ2n) is 5.69. The summed E-state index contributed by atoms with van der Waals surface area (Å²) in [5.41, 5.74) is 7.95. The molecular weight excluding hydrogens is 212 g/mol. The van der Waals surface area contributed by atoms with Crippen LogP contribution in [0.1, 0.15) is 45.7 Å². The first-order chi connectivity index (χ1) is 7.95. The van der Waals surface area contributed by atoms with Crippen LogP contribution in [-0.4, -0.2) is 15.3 Å². The van der Waals surface area contributed by atoms with Crippen LogP contribution in [0.2, 0.25) is 0 Å². The number of nitrogen functional groups attached to an aromatic ring is 1. The molecule has 96 valence electrons. The summed E-state index contributed by atoms with van der Waals surface area (Å²) in [5.74, 6) is 1.77. The first-order valence-corrected chi connectivity index (χ1v) is 6.56. The van der Waals surface area contributed by atoms with Crippen LogP contribution >= 0.6 is 0 Å². The minimum Gasteiger partial charge on any atom is -0.394 e. The van der Waals surface area contributed by atoms with Gasteiger partial charge in [0.15, 0.2) is 0 Å². The lowest BCUT2D eigenvalue weighted by molar-refractivity contribution is 0.483. The Morgan fingerprint density at radius 2 is 2.12 bits per heavy atom. The number of rotatable bonds is 5. The van der Waals surface area contributed by atoms with Crippen molar-refractivity contribution in [2.75, 3.05) is 11.1 Å². The molecule has 4 heteroatoms. The van der Waals surface area contributed by atoms with E-state index in [-0.39, 0.29) is 5.54 Å². The Kier molecular flexibility index (Phi) is 3.06. The number of nitrogens with one attached hydrogen (secondary N) is 1. The number of hydrogen-bond donors (Lipinski definition) is 2. The van der Waals surface area contributed by atoms with Crippen molar-refractivity contribution in [3.05, 3.63) is 5.69 Å². The highest BCUT2D eigenvalue weighted by Crippen LogP contribution is 2.42. The largest absolute Gasteiger partial charge is 0.394 e. The van der Waals surface area contributed by atoms with Gasteiger partial charge in [-0.05, 0) is 46.0 Å². The Labute approximate surface area is 104 Å². The van der Waals surface area contributed by atoms with Crippen molar-refractivity contribution < 1.29 is 0 Å². The minimum atomic E-state index is 0.117. The van der Waals surface area contributed by atoms with E-state index in [2.05, 4.69) is 31.2 Å². The number of nitrogens with zero attached hydrogens (tertiary/aromatic N) is 2. The van der Waals surface area contributed by atoms with Crippen LogP contribution in [0.3, 0.4) is 0 Å². The zero-order chi connectivity index (χ0) is 12.6. The van der Waals surface area contributed by atoms with Gasteiger partial charge in [0.05, 0.1) is 11.4 Å². The smallest absolute Gasteiger partial charge is 0.148 e. The highest BCUT2D eigenvalue weighted by atomic mass is 15.3. The van der Waals surface area contributed by atoms with Crippen molar-refractivity contribution in [1.82, 2.24) is 9.78 Å². The lowest BCUT2D eigenvalue weighted by Gasteiger charge is -2.28. The molecule has 0 aromatic carbocycles. The lowest BCUT2D eigenvalue weighted by atomic mass is 9.99. The first-order valence-electron chi connectivity index (χ1n) is 6.56. The molecule has 4 nitrogen and oxygen atoms in total. The third-order valence-electron chi connectivity index (χ3n) is 3.65. The van der Waals surface area contributed by atoms with E-state index in [0.717, 1.165) is 36.1 Å².